The number of carbonyl (C=O) groups is 5. The number of aliphatic hydroxyl groups excluding tert-OH is 1. The predicted molar refractivity (Wildman–Crippen MR) is 186 cm³/mol. The molecule has 0 fully saturated rings. The fourth-order valence-electron chi connectivity index (χ4n) is 4.39. The highest BCUT2D eigenvalue weighted by Crippen LogP contribution is 2.24. The molecule has 5 amide bonds. The molecular weight excluding hydrogens is 675 g/mol. The SMILES string of the molecule is CCSC.NC(=O)CCC(NC(=O)CNC(=O)[C@H](Cc1ccccc1)NC(=O)CNC(=O)c1ccc(-c2ccccc2)cc1)C(O)C(F)(F)F. The maximum atomic E-state index is 13.1. The molecule has 0 spiro atoms. The number of carbonyl (C=O) groups excluding carboxylic acids is 5. The summed E-state index contributed by atoms with van der Waals surface area (Å²) in [5.41, 5.74) is 7.80. The van der Waals surface area contributed by atoms with E-state index in [0.29, 0.717) is 11.1 Å². The van der Waals surface area contributed by atoms with Crippen LogP contribution in [-0.2, 0) is 25.6 Å². The third-order valence-electron chi connectivity index (χ3n) is 7.07. The number of thioether (sulfide) groups is 1. The first-order valence-corrected chi connectivity index (χ1v) is 17.0. The summed E-state index contributed by atoms with van der Waals surface area (Å²) in [7, 11) is 0. The summed E-state index contributed by atoms with van der Waals surface area (Å²) in [5.74, 6) is -2.85. The molecule has 3 aromatic rings. The topological polar surface area (TPSA) is 180 Å². The van der Waals surface area contributed by atoms with Crippen LogP contribution in [0.15, 0.2) is 84.9 Å². The van der Waals surface area contributed by atoms with Gasteiger partial charge in [0.2, 0.25) is 23.6 Å². The molecule has 0 bridgehead atoms. The number of rotatable bonds is 16. The molecule has 0 aliphatic heterocycles. The highest BCUT2D eigenvalue weighted by Gasteiger charge is 2.44. The van der Waals surface area contributed by atoms with Gasteiger partial charge in [0, 0.05) is 18.4 Å². The molecule has 2 unspecified atom stereocenters. The van der Waals surface area contributed by atoms with Crippen molar-refractivity contribution < 1.29 is 42.3 Å². The van der Waals surface area contributed by atoms with Gasteiger partial charge in [-0.05, 0) is 47.3 Å². The molecule has 3 aromatic carbocycles. The van der Waals surface area contributed by atoms with Crippen LogP contribution in [0.2, 0.25) is 0 Å². The number of halogens is 3. The molecule has 0 aliphatic rings. The van der Waals surface area contributed by atoms with Crippen molar-refractivity contribution in [1.29, 1.82) is 0 Å². The van der Waals surface area contributed by atoms with Gasteiger partial charge in [0.25, 0.3) is 5.91 Å². The Morgan fingerprint density at radius 2 is 1.32 bits per heavy atom. The van der Waals surface area contributed by atoms with Crippen molar-refractivity contribution >= 4 is 41.3 Å². The lowest BCUT2D eigenvalue weighted by Crippen LogP contribution is -2.54. The second-order valence-electron chi connectivity index (χ2n) is 10.9. The van der Waals surface area contributed by atoms with Gasteiger partial charge in [0.05, 0.1) is 19.1 Å². The minimum absolute atomic E-state index is 0.0110. The van der Waals surface area contributed by atoms with Crippen molar-refractivity contribution in [2.24, 2.45) is 5.73 Å². The number of hydrogen-bond donors (Lipinski definition) is 6. The zero-order valence-corrected chi connectivity index (χ0v) is 28.5. The van der Waals surface area contributed by atoms with Gasteiger partial charge < -0.3 is 32.1 Å². The maximum absolute atomic E-state index is 13.1. The number of benzene rings is 3. The largest absolute Gasteiger partial charge is 0.416 e. The Labute approximate surface area is 293 Å². The van der Waals surface area contributed by atoms with Crippen molar-refractivity contribution in [1.82, 2.24) is 21.3 Å². The van der Waals surface area contributed by atoms with Crippen LogP contribution >= 0.6 is 11.8 Å². The van der Waals surface area contributed by atoms with Gasteiger partial charge in [-0.15, -0.1) is 0 Å². The summed E-state index contributed by atoms with van der Waals surface area (Å²) in [5, 5.41) is 18.8. The molecule has 0 radical (unpaired) electrons. The number of nitrogens with one attached hydrogen (secondary N) is 4. The van der Waals surface area contributed by atoms with Crippen LogP contribution < -0.4 is 27.0 Å². The number of nitrogens with two attached hydrogens (primary N) is 1. The number of hydrogen-bond acceptors (Lipinski definition) is 7. The summed E-state index contributed by atoms with van der Waals surface area (Å²) in [6, 6.07) is 21.7. The highest BCUT2D eigenvalue weighted by molar-refractivity contribution is 7.98. The first-order chi connectivity index (χ1) is 23.7. The average molecular weight is 718 g/mol. The molecule has 50 heavy (non-hydrogen) atoms. The van der Waals surface area contributed by atoms with Gasteiger partial charge in [0.1, 0.15) is 6.04 Å². The number of aliphatic hydroxyl groups is 1. The molecule has 3 rings (SSSR count). The van der Waals surface area contributed by atoms with E-state index in [1.54, 1.807) is 54.6 Å². The molecule has 0 saturated carbocycles. The van der Waals surface area contributed by atoms with Gasteiger partial charge in [-0.2, -0.15) is 24.9 Å². The van der Waals surface area contributed by atoms with Crippen LogP contribution in [0.3, 0.4) is 0 Å². The molecular formula is C35H42F3N5O6S. The third-order valence-corrected chi connectivity index (χ3v) is 7.65. The quantitative estimate of drug-likeness (QED) is 0.132. The summed E-state index contributed by atoms with van der Waals surface area (Å²) < 4.78 is 39.2. The Kier molecular flexibility index (Phi) is 17.5. The molecule has 0 heterocycles. The van der Waals surface area contributed by atoms with Crippen LogP contribution in [0.4, 0.5) is 13.2 Å². The first kappa shape index (κ1) is 41.3. The van der Waals surface area contributed by atoms with Crippen molar-refractivity contribution in [2.45, 2.75) is 50.6 Å². The molecule has 0 saturated heterocycles. The highest BCUT2D eigenvalue weighted by atomic mass is 32.2. The van der Waals surface area contributed by atoms with Crippen LogP contribution in [0.25, 0.3) is 11.1 Å². The van der Waals surface area contributed by atoms with E-state index in [-0.39, 0.29) is 6.42 Å². The van der Waals surface area contributed by atoms with Gasteiger partial charge in [-0.3, -0.25) is 24.0 Å². The van der Waals surface area contributed by atoms with Gasteiger partial charge in [-0.1, -0.05) is 79.7 Å². The lowest BCUT2D eigenvalue weighted by atomic mass is 10.0. The first-order valence-electron chi connectivity index (χ1n) is 15.6. The van der Waals surface area contributed by atoms with Crippen molar-refractivity contribution in [2.75, 3.05) is 25.1 Å². The van der Waals surface area contributed by atoms with Gasteiger partial charge in [0.15, 0.2) is 6.10 Å². The van der Waals surface area contributed by atoms with Crippen molar-refractivity contribution in [3.8, 4) is 11.1 Å². The van der Waals surface area contributed by atoms with Crippen LogP contribution in [0, 0.1) is 0 Å². The fraction of sp³-hybridized carbons (Fsp3) is 0.343. The molecule has 15 heteroatoms. The normalized spacial score (nSPS) is 12.6. The Hall–Kier alpha value is -4.89. The Bertz CT molecular complexity index is 1530. The van der Waals surface area contributed by atoms with Crippen LogP contribution in [0.1, 0.15) is 35.7 Å². The van der Waals surface area contributed by atoms with Crippen molar-refractivity contribution in [3.05, 3.63) is 96.1 Å². The zero-order chi connectivity index (χ0) is 37.1. The zero-order valence-electron chi connectivity index (χ0n) is 27.7. The Morgan fingerprint density at radius 3 is 1.86 bits per heavy atom. The van der Waals surface area contributed by atoms with E-state index < -0.39 is 79.8 Å². The van der Waals surface area contributed by atoms with Crippen molar-refractivity contribution in [3.63, 3.8) is 0 Å². The minimum Gasteiger partial charge on any atom is -0.382 e. The lowest BCUT2D eigenvalue weighted by Gasteiger charge is -2.26. The fourth-order valence-corrected chi connectivity index (χ4v) is 4.39. The van der Waals surface area contributed by atoms with E-state index in [1.165, 1.54) is 5.75 Å². The summed E-state index contributed by atoms with van der Waals surface area (Å²) in [6.07, 6.45) is -7.11. The van der Waals surface area contributed by atoms with E-state index >= 15 is 0 Å². The smallest absolute Gasteiger partial charge is 0.382 e. The molecule has 0 aliphatic carbocycles. The second kappa shape index (κ2) is 21.3. The third kappa shape index (κ3) is 15.1. The predicted octanol–water partition coefficient (Wildman–Crippen LogP) is 2.97. The number of alkyl halides is 3. The maximum Gasteiger partial charge on any atom is 0.416 e. The molecule has 11 nitrogen and oxygen atoms in total. The summed E-state index contributed by atoms with van der Waals surface area (Å²) >= 11 is 1.86. The monoisotopic (exact) mass is 717 g/mol. The van der Waals surface area contributed by atoms with Crippen LogP contribution in [0.5, 0.6) is 0 Å². The second-order valence-corrected chi connectivity index (χ2v) is 12.1. The van der Waals surface area contributed by atoms with Gasteiger partial charge >= 0.3 is 6.18 Å². The van der Waals surface area contributed by atoms with E-state index in [9.17, 15) is 42.3 Å². The van der Waals surface area contributed by atoms with E-state index in [2.05, 4.69) is 29.1 Å². The minimum atomic E-state index is -5.09. The van der Waals surface area contributed by atoms with E-state index in [4.69, 9.17) is 5.73 Å². The summed E-state index contributed by atoms with van der Waals surface area (Å²) in [4.78, 5) is 61.8. The Morgan fingerprint density at radius 1 is 0.800 bits per heavy atom. The average Bonchev–Trinajstić information content (AvgIpc) is 3.11. The molecule has 7 N–H and O–H groups in total. The number of amides is 5. The Balaban J connectivity index is 0.00000205. The van der Waals surface area contributed by atoms with Gasteiger partial charge in [-0.25, -0.2) is 0 Å². The summed E-state index contributed by atoms with van der Waals surface area (Å²) in [6.45, 7) is 0.868. The number of primary amides is 1. The standard InChI is InChI=1S/C32H34F3N5O6.C3H8S/c33-32(34,35)29(44)24(15-16-26(36)41)39-27(42)19-38-31(46)25(17-20-7-3-1-4-8-20)40-28(43)18-37-30(45)23-13-11-22(12-14-23)21-9-5-2-6-10-21;1-3-4-2/h1-14,24-25,29,44H,15-19H2,(H2,36,41)(H,37,45)(H,38,46)(H,39,42)(H,40,43);3H2,1-2H3/t24?,25-,29?;/m0./s1. The van der Waals surface area contributed by atoms with E-state index in [1.807, 2.05) is 47.4 Å². The molecule has 270 valence electrons. The molecule has 0 aromatic heterocycles. The van der Waals surface area contributed by atoms with E-state index in [0.717, 1.165) is 11.1 Å². The lowest BCUT2D eigenvalue weighted by molar-refractivity contribution is -0.212. The molecule has 3 atom stereocenters. The van der Waals surface area contributed by atoms with Crippen LogP contribution in [-0.4, -0.2) is 84.1 Å².